The van der Waals surface area contributed by atoms with Gasteiger partial charge in [-0.2, -0.15) is 4.31 Å². The summed E-state index contributed by atoms with van der Waals surface area (Å²) >= 11 is 6.17. The van der Waals surface area contributed by atoms with Gasteiger partial charge in [-0.1, -0.05) is 17.7 Å². The van der Waals surface area contributed by atoms with E-state index in [1.165, 1.54) is 28.6 Å². The van der Waals surface area contributed by atoms with Crippen LogP contribution in [0.2, 0.25) is 5.02 Å². The van der Waals surface area contributed by atoms with Gasteiger partial charge >= 0.3 is 0 Å². The zero-order valence-electron chi connectivity index (χ0n) is 14.1. The van der Waals surface area contributed by atoms with Crippen molar-refractivity contribution in [1.82, 2.24) is 4.31 Å². The fourth-order valence-electron chi connectivity index (χ4n) is 2.85. The number of anilines is 1. The quantitative estimate of drug-likeness (QED) is 0.586. The fraction of sp³-hybridized carbons (Fsp3) is 0.294. The first-order valence-electron chi connectivity index (χ1n) is 8.05. The molecule has 26 heavy (non-hydrogen) atoms. The maximum absolute atomic E-state index is 12.7. The van der Waals surface area contributed by atoms with Crippen molar-refractivity contribution >= 4 is 33.0 Å². The van der Waals surface area contributed by atoms with Gasteiger partial charge in [-0.05, 0) is 36.8 Å². The highest BCUT2D eigenvalue weighted by Gasteiger charge is 2.29. The summed E-state index contributed by atoms with van der Waals surface area (Å²) in [7, 11) is -3.67. The first-order valence-corrected chi connectivity index (χ1v) is 9.86. The molecule has 0 amide bonds. The Hall–Kier alpha value is -2.16. The molecule has 1 heterocycles. The van der Waals surface area contributed by atoms with Crippen LogP contribution in [0.25, 0.3) is 0 Å². The van der Waals surface area contributed by atoms with Crippen LogP contribution in [0.3, 0.4) is 0 Å². The number of halogens is 1. The fourth-order valence-corrected chi connectivity index (χ4v) is 4.45. The summed E-state index contributed by atoms with van der Waals surface area (Å²) in [6.45, 7) is 3.70. The minimum absolute atomic E-state index is 0.0648. The van der Waals surface area contributed by atoms with Crippen molar-refractivity contribution in [3.05, 3.63) is 63.2 Å². The van der Waals surface area contributed by atoms with Gasteiger partial charge in [-0.15, -0.1) is 0 Å². The average Bonchev–Trinajstić information content (AvgIpc) is 2.64. The van der Waals surface area contributed by atoms with Gasteiger partial charge in [0.25, 0.3) is 5.69 Å². The first kappa shape index (κ1) is 18.6. The lowest BCUT2D eigenvalue weighted by atomic mass is 10.2. The summed E-state index contributed by atoms with van der Waals surface area (Å²) in [5.41, 5.74) is 1.83. The standard InChI is InChI=1S/C17H18ClN3O4S/c1-13-2-3-15(12-17(13)18)19-8-10-20(11-9-19)26(24,25)16-6-4-14(5-7-16)21(22)23/h2-7,12H,8-11H2,1H3. The minimum atomic E-state index is -3.67. The Bertz CT molecular complexity index is 924. The molecule has 3 rings (SSSR count). The molecule has 0 aromatic heterocycles. The number of aryl methyl sites for hydroxylation is 1. The van der Waals surface area contributed by atoms with Crippen LogP contribution < -0.4 is 4.90 Å². The summed E-state index contributed by atoms with van der Waals surface area (Å²) < 4.78 is 26.9. The molecule has 0 saturated carbocycles. The zero-order valence-corrected chi connectivity index (χ0v) is 15.7. The summed E-state index contributed by atoms with van der Waals surface area (Å²) in [5, 5.41) is 11.4. The third-order valence-corrected chi connectivity index (χ3v) is 6.76. The van der Waals surface area contributed by atoms with Gasteiger partial charge in [0, 0.05) is 49.0 Å². The van der Waals surface area contributed by atoms with Crippen molar-refractivity contribution in [2.45, 2.75) is 11.8 Å². The molecule has 1 aliphatic rings. The van der Waals surface area contributed by atoms with Gasteiger partial charge in [-0.25, -0.2) is 8.42 Å². The van der Waals surface area contributed by atoms with E-state index in [0.717, 1.165) is 11.3 Å². The van der Waals surface area contributed by atoms with Crippen molar-refractivity contribution in [3.63, 3.8) is 0 Å². The molecular formula is C17H18ClN3O4S. The maximum atomic E-state index is 12.7. The van der Waals surface area contributed by atoms with Crippen molar-refractivity contribution < 1.29 is 13.3 Å². The molecule has 1 fully saturated rings. The normalized spacial score (nSPS) is 15.8. The minimum Gasteiger partial charge on any atom is -0.369 e. The molecule has 0 atom stereocenters. The second-order valence-electron chi connectivity index (χ2n) is 6.08. The Morgan fingerprint density at radius 2 is 1.65 bits per heavy atom. The van der Waals surface area contributed by atoms with Crippen LogP contribution in [-0.4, -0.2) is 43.8 Å². The van der Waals surface area contributed by atoms with E-state index in [1.54, 1.807) is 0 Å². The molecule has 7 nitrogen and oxygen atoms in total. The largest absolute Gasteiger partial charge is 0.369 e. The van der Waals surface area contributed by atoms with E-state index < -0.39 is 14.9 Å². The van der Waals surface area contributed by atoms with Gasteiger partial charge in [0.2, 0.25) is 10.0 Å². The highest BCUT2D eigenvalue weighted by atomic mass is 35.5. The third kappa shape index (κ3) is 3.67. The van der Waals surface area contributed by atoms with Crippen LogP contribution in [0.4, 0.5) is 11.4 Å². The Balaban J connectivity index is 1.72. The van der Waals surface area contributed by atoms with E-state index in [2.05, 4.69) is 4.90 Å². The number of nitrogens with zero attached hydrogens (tertiary/aromatic N) is 3. The third-order valence-electron chi connectivity index (χ3n) is 4.44. The first-order chi connectivity index (χ1) is 12.3. The van der Waals surface area contributed by atoms with Crippen LogP contribution in [0.15, 0.2) is 47.4 Å². The van der Waals surface area contributed by atoms with Gasteiger partial charge in [0.05, 0.1) is 9.82 Å². The highest BCUT2D eigenvalue weighted by Crippen LogP contribution is 2.26. The number of benzene rings is 2. The number of rotatable bonds is 4. The molecule has 0 unspecified atom stereocenters. The number of piperazine rings is 1. The smallest absolute Gasteiger partial charge is 0.269 e. The summed E-state index contributed by atoms with van der Waals surface area (Å²) in [4.78, 5) is 12.3. The Kier molecular flexibility index (Phi) is 5.17. The molecular weight excluding hydrogens is 378 g/mol. The van der Waals surface area contributed by atoms with E-state index in [1.807, 2.05) is 25.1 Å². The number of non-ortho nitro benzene ring substituents is 1. The van der Waals surface area contributed by atoms with Crippen LogP contribution >= 0.6 is 11.6 Å². The topological polar surface area (TPSA) is 83.8 Å². The molecule has 2 aromatic rings. The molecule has 9 heteroatoms. The molecule has 0 N–H and O–H groups in total. The number of nitro groups is 1. The van der Waals surface area contributed by atoms with Crippen molar-refractivity contribution in [3.8, 4) is 0 Å². The van der Waals surface area contributed by atoms with Gasteiger partial charge < -0.3 is 4.90 Å². The Morgan fingerprint density at radius 1 is 1.04 bits per heavy atom. The monoisotopic (exact) mass is 395 g/mol. The summed E-state index contributed by atoms with van der Waals surface area (Å²) in [6, 6.07) is 10.8. The lowest BCUT2D eigenvalue weighted by Crippen LogP contribution is -2.48. The maximum Gasteiger partial charge on any atom is 0.269 e. The van der Waals surface area contributed by atoms with Crippen LogP contribution in [0.1, 0.15) is 5.56 Å². The van der Waals surface area contributed by atoms with E-state index in [4.69, 9.17) is 11.6 Å². The second kappa shape index (κ2) is 7.22. The van der Waals surface area contributed by atoms with Gasteiger partial charge in [-0.3, -0.25) is 10.1 Å². The van der Waals surface area contributed by atoms with Gasteiger partial charge in [0.1, 0.15) is 0 Å². The molecule has 0 bridgehead atoms. The number of hydrogen-bond donors (Lipinski definition) is 0. The van der Waals surface area contributed by atoms with Gasteiger partial charge in [0.15, 0.2) is 0 Å². The van der Waals surface area contributed by atoms with Crippen LogP contribution in [0.5, 0.6) is 0 Å². The number of hydrogen-bond acceptors (Lipinski definition) is 5. The Morgan fingerprint density at radius 3 is 2.19 bits per heavy atom. The van der Waals surface area contributed by atoms with Crippen LogP contribution in [-0.2, 0) is 10.0 Å². The lowest BCUT2D eigenvalue weighted by molar-refractivity contribution is -0.384. The Labute approximate surface area is 157 Å². The molecule has 0 aliphatic carbocycles. The zero-order chi connectivity index (χ0) is 18.9. The number of sulfonamides is 1. The van der Waals surface area contributed by atoms with Crippen molar-refractivity contribution in [1.29, 1.82) is 0 Å². The van der Waals surface area contributed by atoms with E-state index in [0.29, 0.717) is 31.2 Å². The average molecular weight is 396 g/mol. The molecule has 1 saturated heterocycles. The molecule has 138 valence electrons. The molecule has 0 radical (unpaired) electrons. The predicted octanol–water partition coefficient (Wildman–Crippen LogP) is 3.07. The van der Waals surface area contributed by atoms with Crippen LogP contribution in [0, 0.1) is 17.0 Å². The predicted molar refractivity (Wildman–Crippen MR) is 100 cm³/mol. The van der Waals surface area contributed by atoms with E-state index in [-0.39, 0.29) is 10.6 Å². The summed E-state index contributed by atoms with van der Waals surface area (Å²) in [6.07, 6.45) is 0. The van der Waals surface area contributed by atoms with Crippen molar-refractivity contribution in [2.75, 3.05) is 31.1 Å². The highest BCUT2D eigenvalue weighted by molar-refractivity contribution is 7.89. The van der Waals surface area contributed by atoms with E-state index >= 15 is 0 Å². The van der Waals surface area contributed by atoms with E-state index in [9.17, 15) is 18.5 Å². The number of nitro benzene ring substituents is 1. The lowest BCUT2D eigenvalue weighted by Gasteiger charge is -2.35. The molecule has 2 aromatic carbocycles. The summed E-state index contributed by atoms with van der Waals surface area (Å²) in [5.74, 6) is 0. The SMILES string of the molecule is Cc1ccc(N2CCN(S(=O)(=O)c3ccc([N+](=O)[O-])cc3)CC2)cc1Cl. The van der Waals surface area contributed by atoms with Crippen molar-refractivity contribution in [2.24, 2.45) is 0 Å². The second-order valence-corrected chi connectivity index (χ2v) is 8.42. The molecule has 1 aliphatic heterocycles. The molecule has 0 spiro atoms.